The summed E-state index contributed by atoms with van der Waals surface area (Å²) in [6.45, 7) is 11.3. The van der Waals surface area contributed by atoms with Gasteiger partial charge in [0.2, 0.25) is 0 Å². The molecule has 0 saturated heterocycles. The van der Waals surface area contributed by atoms with Crippen LogP contribution in [0.5, 0.6) is 17.2 Å². The SMILES string of the molecule is C=CCCCCCCCCCOc1ccc(OC(=O)c2ccc3c(c2)[P@@](=O)(CC)c2cc(OC[C@@H](C)CC)ccc2-3)cc1. The normalized spacial score (nSPS) is 15.8. The third-order valence-corrected chi connectivity index (χ3v) is 11.5. The number of benzene rings is 3. The highest BCUT2D eigenvalue weighted by Gasteiger charge is 2.38. The van der Waals surface area contributed by atoms with E-state index < -0.39 is 13.1 Å². The Bertz CT molecular complexity index is 1410. The fourth-order valence-electron chi connectivity index (χ4n) is 5.37. The van der Waals surface area contributed by atoms with Gasteiger partial charge >= 0.3 is 5.97 Å². The summed E-state index contributed by atoms with van der Waals surface area (Å²) in [5, 5.41) is 1.53. The van der Waals surface area contributed by atoms with Gasteiger partial charge in [0.25, 0.3) is 0 Å². The van der Waals surface area contributed by atoms with Gasteiger partial charge in [-0.15, -0.1) is 6.58 Å². The van der Waals surface area contributed by atoms with Gasteiger partial charge in [-0.3, -0.25) is 0 Å². The van der Waals surface area contributed by atoms with Crippen LogP contribution in [0.2, 0.25) is 0 Å². The molecule has 1 aliphatic rings. The first-order valence-electron chi connectivity index (χ1n) is 16.0. The maximum atomic E-state index is 14.3. The molecule has 0 saturated carbocycles. The van der Waals surface area contributed by atoms with Crippen LogP contribution in [0.4, 0.5) is 0 Å². The zero-order valence-corrected chi connectivity index (χ0v) is 27.0. The van der Waals surface area contributed by atoms with Crippen LogP contribution in [-0.2, 0) is 4.57 Å². The Balaban J connectivity index is 1.31. The van der Waals surface area contributed by atoms with Gasteiger partial charge in [0.1, 0.15) is 24.4 Å². The van der Waals surface area contributed by atoms with Crippen LogP contribution >= 0.6 is 7.14 Å². The molecule has 0 aliphatic carbocycles. The average Bonchev–Trinajstić information content (AvgIpc) is 3.28. The van der Waals surface area contributed by atoms with Crippen molar-refractivity contribution in [2.45, 2.75) is 78.6 Å². The van der Waals surface area contributed by atoms with E-state index >= 15 is 0 Å². The number of hydrogen-bond acceptors (Lipinski definition) is 5. The second kappa shape index (κ2) is 16.0. The summed E-state index contributed by atoms with van der Waals surface area (Å²) in [7, 11) is -2.90. The van der Waals surface area contributed by atoms with Crippen LogP contribution < -0.4 is 24.8 Å². The summed E-state index contributed by atoms with van der Waals surface area (Å²) in [6, 6.07) is 18.4. The van der Waals surface area contributed by atoms with E-state index in [0.717, 1.165) is 52.5 Å². The minimum atomic E-state index is -2.90. The molecule has 0 fully saturated rings. The van der Waals surface area contributed by atoms with E-state index in [1.807, 2.05) is 49.4 Å². The lowest BCUT2D eigenvalue weighted by molar-refractivity contribution is 0.0734. The van der Waals surface area contributed by atoms with Crippen molar-refractivity contribution in [3.8, 4) is 28.4 Å². The van der Waals surface area contributed by atoms with Crippen LogP contribution in [0, 0.1) is 5.92 Å². The third-order valence-electron chi connectivity index (χ3n) is 8.30. The number of allylic oxidation sites excluding steroid dienone is 1. The zero-order valence-electron chi connectivity index (χ0n) is 26.1. The average molecular weight is 603 g/mol. The van der Waals surface area contributed by atoms with Gasteiger partial charge in [0.05, 0.1) is 18.8 Å². The van der Waals surface area contributed by atoms with Gasteiger partial charge < -0.3 is 18.8 Å². The zero-order chi connectivity index (χ0) is 30.7. The van der Waals surface area contributed by atoms with Crippen LogP contribution in [0.3, 0.4) is 0 Å². The van der Waals surface area contributed by atoms with Crippen molar-refractivity contribution in [3.63, 3.8) is 0 Å². The summed E-state index contributed by atoms with van der Waals surface area (Å²) in [6.07, 6.45) is 13.2. The molecule has 3 aromatic rings. The first-order chi connectivity index (χ1) is 20.9. The Morgan fingerprint density at radius 1 is 0.791 bits per heavy atom. The fraction of sp³-hybridized carbons (Fsp3) is 0.432. The Morgan fingerprint density at radius 2 is 1.40 bits per heavy atom. The molecule has 0 aromatic heterocycles. The molecule has 0 spiro atoms. The van der Waals surface area contributed by atoms with Gasteiger partial charge in [0.15, 0.2) is 0 Å². The topological polar surface area (TPSA) is 61.8 Å². The molecular weight excluding hydrogens is 555 g/mol. The van der Waals surface area contributed by atoms with E-state index in [0.29, 0.717) is 36.6 Å². The van der Waals surface area contributed by atoms with E-state index in [1.165, 1.54) is 38.5 Å². The predicted molar refractivity (Wildman–Crippen MR) is 178 cm³/mol. The molecule has 0 radical (unpaired) electrons. The number of carbonyl (C=O) groups excluding carboxylic acids is 1. The monoisotopic (exact) mass is 602 g/mol. The Labute approximate surface area is 258 Å². The van der Waals surface area contributed by atoms with Gasteiger partial charge in [-0.05, 0) is 90.9 Å². The Kier molecular flexibility index (Phi) is 12.1. The quantitative estimate of drug-likeness (QED) is 0.0477. The summed E-state index contributed by atoms with van der Waals surface area (Å²) in [4.78, 5) is 13.1. The smallest absolute Gasteiger partial charge is 0.343 e. The van der Waals surface area contributed by atoms with Crippen molar-refractivity contribution in [3.05, 3.63) is 78.9 Å². The summed E-state index contributed by atoms with van der Waals surface area (Å²) in [5.74, 6) is 1.91. The molecule has 230 valence electrons. The molecule has 0 amide bonds. The predicted octanol–water partition coefficient (Wildman–Crippen LogP) is 9.33. The number of hydrogen-bond donors (Lipinski definition) is 0. The first kappa shape index (κ1) is 32.6. The summed E-state index contributed by atoms with van der Waals surface area (Å²) >= 11 is 0. The largest absolute Gasteiger partial charge is 0.494 e. The van der Waals surface area contributed by atoms with Crippen LogP contribution in [0.25, 0.3) is 11.1 Å². The molecule has 6 heteroatoms. The second-order valence-corrected chi connectivity index (χ2v) is 14.6. The maximum absolute atomic E-state index is 14.3. The van der Waals surface area contributed by atoms with E-state index in [4.69, 9.17) is 14.2 Å². The number of carbonyl (C=O) groups is 1. The van der Waals surface area contributed by atoms with Crippen LogP contribution in [-0.4, -0.2) is 25.3 Å². The Hall–Kier alpha value is -3.30. The molecule has 5 nitrogen and oxygen atoms in total. The van der Waals surface area contributed by atoms with Gasteiger partial charge in [-0.25, -0.2) is 4.79 Å². The molecular formula is C37H47O5P. The highest BCUT2D eigenvalue weighted by Crippen LogP contribution is 2.53. The van der Waals surface area contributed by atoms with E-state index in [1.54, 1.807) is 24.3 Å². The molecule has 0 unspecified atom stereocenters. The number of ether oxygens (including phenoxy) is 3. The van der Waals surface area contributed by atoms with E-state index in [2.05, 4.69) is 20.4 Å². The molecule has 43 heavy (non-hydrogen) atoms. The van der Waals surface area contributed by atoms with E-state index in [9.17, 15) is 9.36 Å². The lowest BCUT2D eigenvalue weighted by atomic mass is 10.0. The van der Waals surface area contributed by atoms with Crippen molar-refractivity contribution < 1.29 is 23.6 Å². The fourth-order valence-corrected chi connectivity index (χ4v) is 8.17. The molecule has 1 heterocycles. The van der Waals surface area contributed by atoms with Crippen molar-refractivity contribution in [1.82, 2.24) is 0 Å². The van der Waals surface area contributed by atoms with Crippen molar-refractivity contribution in [1.29, 1.82) is 0 Å². The van der Waals surface area contributed by atoms with Gasteiger partial charge in [-0.2, -0.15) is 0 Å². The number of fused-ring (bicyclic) bond motifs is 3. The number of rotatable bonds is 18. The van der Waals surface area contributed by atoms with Gasteiger partial charge in [-0.1, -0.05) is 71.4 Å². The standard InChI is InChI=1S/C37H47O5P/c1-5-8-9-10-11-12-13-14-15-24-40-30-17-19-31(20-18-30)42-37(38)29-16-22-33-34-23-21-32(41-27-28(4)6-2)26-36(34)43(39,7-3)35(33)25-29/h5,16-23,25-26,28H,1,6-15,24,27H2,2-4H3/t28-,43-/m0/s1. The lowest BCUT2D eigenvalue weighted by Crippen LogP contribution is -2.16. The van der Waals surface area contributed by atoms with Crippen LogP contribution in [0.1, 0.15) is 88.9 Å². The number of unbranched alkanes of at least 4 members (excludes halogenated alkanes) is 7. The van der Waals surface area contributed by atoms with Crippen molar-refractivity contribution in [2.75, 3.05) is 19.4 Å². The highest BCUT2D eigenvalue weighted by atomic mass is 31.2. The molecule has 4 rings (SSSR count). The highest BCUT2D eigenvalue weighted by molar-refractivity contribution is 7.79. The lowest BCUT2D eigenvalue weighted by Gasteiger charge is -2.15. The molecule has 1 aliphatic heterocycles. The van der Waals surface area contributed by atoms with Crippen molar-refractivity contribution in [2.24, 2.45) is 5.92 Å². The summed E-state index contributed by atoms with van der Waals surface area (Å²) in [5.41, 5.74) is 2.25. The molecule has 0 N–H and O–H groups in total. The van der Waals surface area contributed by atoms with E-state index in [-0.39, 0.29) is 0 Å². The van der Waals surface area contributed by atoms with Gasteiger partial charge in [0, 0.05) is 16.8 Å². The van der Waals surface area contributed by atoms with Crippen molar-refractivity contribution >= 4 is 23.7 Å². The Morgan fingerprint density at radius 3 is 2.07 bits per heavy atom. The maximum Gasteiger partial charge on any atom is 0.343 e. The minimum Gasteiger partial charge on any atom is -0.494 e. The first-order valence-corrected chi connectivity index (χ1v) is 17.9. The minimum absolute atomic E-state index is 0.384. The third kappa shape index (κ3) is 8.42. The summed E-state index contributed by atoms with van der Waals surface area (Å²) < 4.78 is 31.9. The molecule has 2 atom stereocenters. The molecule has 3 aromatic carbocycles. The molecule has 0 bridgehead atoms. The second-order valence-electron chi connectivity index (χ2n) is 11.6. The van der Waals surface area contributed by atoms with Crippen LogP contribution in [0.15, 0.2) is 73.3 Å². The number of esters is 1.